The van der Waals surface area contributed by atoms with Gasteiger partial charge in [0.1, 0.15) is 5.69 Å². The van der Waals surface area contributed by atoms with Gasteiger partial charge in [0.05, 0.1) is 12.0 Å². The Bertz CT molecular complexity index is 954. The second kappa shape index (κ2) is 7.43. The van der Waals surface area contributed by atoms with Crippen LogP contribution in [-0.4, -0.2) is 55.2 Å². The van der Waals surface area contributed by atoms with Crippen LogP contribution in [0.5, 0.6) is 0 Å². The van der Waals surface area contributed by atoms with Gasteiger partial charge in [0.2, 0.25) is 0 Å². The zero-order valence-corrected chi connectivity index (χ0v) is 15.7. The molecule has 140 valence electrons. The summed E-state index contributed by atoms with van der Waals surface area (Å²) in [5.41, 5.74) is 0.961. The van der Waals surface area contributed by atoms with E-state index in [-0.39, 0.29) is 17.4 Å². The summed E-state index contributed by atoms with van der Waals surface area (Å²) in [4.78, 5) is 29.6. The monoisotopic (exact) mass is 385 g/mol. The Morgan fingerprint density at radius 3 is 2.85 bits per heavy atom. The fourth-order valence-corrected chi connectivity index (χ4v) is 3.85. The Hall–Kier alpha value is -2.81. The molecule has 0 atom stereocenters. The second-order valence-electron chi connectivity index (χ2n) is 6.36. The zero-order chi connectivity index (χ0) is 18.8. The van der Waals surface area contributed by atoms with Gasteiger partial charge in [-0.15, -0.1) is 10.2 Å². The molecule has 1 amide bonds. The van der Waals surface area contributed by atoms with Crippen LogP contribution in [-0.2, 0) is 7.05 Å². The van der Waals surface area contributed by atoms with E-state index in [1.807, 2.05) is 18.0 Å². The molecule has 4 rings (SSSR count). The molecule has 1 N–H and O–H groups in total. The minimum absolute atomic E-state index is 0.0457. The molecule has 8 nitrogen and oxygen atoms in total. The number of nitrogens with one attached hydrogen (secondary N) is 1. The molecule has 27 heavy (non-hydrogen) atoms. The first-order chi connectivity index (χ1) is 13.1. The molecule has 4 heterocycles. The summed E-state index contributed by atoms with van der Waals surface area (Å²) in [6, 6.07) is 5.23. The smallest absolute Gasteiger partial charge is 0.270 e. The minimum atomic E-state index is -0.0701. The highest BCUT2D eigenvalue weighted by molar-refractivity contribution is 7.99. The number of nitrogens with zero attached hydrogens (tertiary/aromatic N) is 4. The standard InChI is InChI=1S/C18H19N5O3S/c1-22-16(15-5-4-8-26-15)20-21-18(22)27-11-14(24)12-9-13(19-10-12)17(25)23-6-2-3-7-23/h4-5,8-10,19H,2-3,6-7,11H2,1H3. The highest BCUT2D eigenvalue weighted by Gasteiger charge is 2.22. The third-order valence-electron chi connectivity index (χ3n) is 4.54. The van der Waals surface area contributed by atoms with Gasteiger partial charge in [-0.05, 0) is 31.0 Å². The van der Waals surface area contributed by atoms with Gasteiger partial charge in [0.15, 0.2) is 22.5 Å². The molecular formula is C18H19N5O3S. The van der Waals surface area contributed by atoms with E-state index in [1.165, 1.54) is 11.8 Å². The van der Waals surface area contributed by atoms with E-state index in [1.54, 1.807) is 29.2 Å². The Balaban J connectivity index is 1.39. The molecule has 0 saturated carbocycles. The first-order valence-electron chi connectivity index (χ1n) is 8.70. The summed E-state index contributed by atoms with van der Waals surface area (Å²) < 4.78 is 7.12. The number of H-pyrrole nitrogens is 1. The molecule has 1 aliphatic heterocycles. The Kier molecular flexibility index (Phi) is 4.85. The third kappa shape index (κ3) is 3.55. The van der Waals surface area contributed by atoms with Crippen LogP contribution >= 0.6 is 11.8 Å². The number of hydrogen-bond acceptors (Lipinski definition) is 6. The summed E-state index contributed by atoms with van der Waals surface area (Å²) in [6.45, 7) is 1.56. The highest BCUT2D eigenvalue weighted by Crippen LogP contribution is 2.23. The van der Waals surface area contributed by atoms with E-state index in [9.17, 15) is 9.59 Å². The normalized spacial score (nSPS) is 14.0. The van der Waals surface area contributed by atoms with Crippen molar-refractivity contribution in [2.75, 3.05) is 18.8 Å². The minimum Gasteiger partial charge on any atom is -0.461 e. The van der Waals surface area contributed by atoms with Crippen LogP contribution in [0.1, 0.15) is 33.7 Å². The maximum Gasteiger partial charge on any atom is 0.270 e. The number of likely N-dealkylation sites (tertiary alicyclic amines) is 1. The average molecular weight is 385 g/mol. The SMILES string of the molecule is Cn1c(SCC(=O)c2c[nH]c(C(=O)N3CCCC3)c2)nnc1-c1ccco1. The van der Waals surface area contributed by atoms with E-state index in [0.717, 1.165) is 25.9 Å². The molecule has 1 saturated heterocycles. The summed E-state index contributed by atoms with van der Waals surface area (Å²) in [7, 11) is 1.83. The molecule has 3 aromatic heterocycles. The third-order valence-corrected chi connectivity index (χ3v) is 5.56. The van der Waals surface area contributed by atoms with Crippen molar-refractivity contribution in [3.8, 4) is 11.6 Å². The van der Waals surface area contributed by atoms with Crippen molar-refractivity contribution in [2.24, 2.45) is 7.05 Å². The summed E-state index contributed by atoms with van der Waals surface area (Å²) >= 11 is 1.30. The number of furan rings is 1. The predicted octanol–water partition coefficient (Wildman–Crippen LogP) is 2.61. The molecule has 0 spiro atoms. The summed E-state index contributed by atoms with van der Waals surface area (Å²) in [6.07, 6.45) is 5.24. The van der Waals surface area contributed by atoms with Gasteiger partial charge in [-0.1, -0.05) is 11.8 Å². The lowest BCUT2D eigenvalue weighted by Crippen LogP contribution is -2.27. The number of Topliss-reactive ketones (excluding diaryl/α,β-unsaturated/α-hetero) is 1. The fourth-order valence-electron chi connectivity index (χ4n) is 3.04. The number of hydrogen-bond donors (Lipinski definition) is 1. The molecular weight excluding hydrogens is 366 g/mol. The van der Waals surface area contributed by atoms with Gasteiger partial charge in [-0.2, -0.15) is 0 Å². The summed E-state index contributed by atoms with van der Waals surface area (Å²) in [5, 5.41) is 8.85. The lowest BCUT2D eigenvalue weighted by molar-refractivity contribution is 0.0787. The number of thioether (sulfide) groups is 1. The molecule has 1 fully saturated rings. The molecule has 3 aromatic rings. The number of aromatic amines is 1. The summed E-state index contributed by atoms with van der Waals surface area (Å²) in [5.74, 6) is 1.32. The average Bonchev–Trinajstić information content (AvgIpc) is 3.47. The van der Waals surface area contributed by atoms with Gasteiger partial charge in [0, 0.05) is 31.9 Å². The highest BCUT2D eigenvalue weighted by atomic mass is 32.2. The Morgan fingerprint density at radius 1 is 1.30 bits per heavy atom. The van der Waals surface area contributed by atoms with E-state index >= 15 is 0 Å². The van der Waals surface area contributed by atoms with Crippen LogP contribution in [0.25, 0.3) is 11.6 Å². The van der Waals surface area contributed by atoms with E-state index in [4.69, 9.17) is 4.42 Å². The molecule has 0 aromatic carbocycles. The van der Waals surface area contributed by atoms with E-state index in [0.29, 0.717) is 28.0 Å². The van der Waals surface area contributed by atoms with Crippen LogP contribution in [0.2, 0.25) is 0 Å². The number of aromatic nitrogens is 4. The van der Waals surface area contributed by atoms with Crippen molar-refractivity contribution >= 4 is 23.5 Å². The quantitative estimate of drug-likeness (QED) is 0.517. The number of rotatable bonds is 6. The maximum absolute atomic E-state index is 12.5. The van der Waals surface area contributed by atoms with Gasteiger partial charge >= 0.3 is 0 Å². The lowest BCUT2D eigenvalue weighted by atomic mass is 10.2. The molecule has 9 heteroatoms. The molecule has 1 aliphatic rings. The Morgan fingerprint density at radius 2 is 2.11 bits per heavy atom. The molecule has 0 radical (unpaired) electrons. The molecule has 0 bridgehead atoms. The Labute approximate surface area is 159 Å². The number of carbonyl (C=O) groups excluding carboxylic acids is 2. The first-order valence-corrected chi connectivity index (χ1v) is 9.69. The number of ketones is 1. The first kappa shape index (κ1) is 17.6. The van der Waals surface area contributed by atoms with Gasteiger partial charge in [-0.3, -0.25) is 9.59 Å². The van der Waals surface area contributed by atoms with Crippen molar-refractivity contribution in [2.45, 2.75) is 18.0 Å². The predicted molar refractivity (Wildman–Crippen MR) is 99.7 cm³/mol. The van der Waals surface area contributed by atoms with Crippen LogP contribution in [0.4, 0.5) is 0 Å². The zero-order valence-electron chi connectivity index (χ0n) is 14.8. The van der Waals surface area contributed by atoms with Crippen LogP contribution in [0.3, 0.4) is 0 Å². The number of amides is 1. The van der Waals surface area contributed by atoms with E-state index in [2.05, 4.69) is 15.2 Å². The van der Waals surface area contributed by atoms with Crippen molar-refractivity contribution in [3.05, 3.63) is 41.9 Å². The van der Waals surface area contributed by atoms with Crippen molar-refractivity contribution in [3.63, 3.8) is 0 Å². The molecule has 0 unspecified atom stereocenters. The van der Waals surface area contributed by atoms with Crippen LogP contribution < -0.4 is 0 Å². The fraction of sp³-hybridized carbons (Fsp3) is 0.333. The van der Waals surface area contributed by atoms with Crippen LogP contribution in [0, 0.1) is 0 Å². The topological polar surface area (TPSA) is 97.0 Å². The maximum atomic E-state index is 12.5. The number of carbonyl (C=O) groups is 2. The largest absolute Gasteiger partial charge is 0.461 e. The van der Waals surface area contributed by atoms with E-state index < -0.39 is 0 Å². The van der Waals surface area contributed by atoms with Crippen molar-refractivity contribution in [1.82, 2.24) is 24.6 Å². The van der Waals surface area contributed by atoms with Gasteiger partial charge < -0.3 is 18.9 Å². The second-order valence-corrected chi connectivity index (χ2v) is 7.30. The van der Waals surface area contributed by atoms with Crippen molar-refractivity contribution < 1.29 is 14.0 Å². The van der Waals surface area contributed by atoms with Gasteiger partial charge in [0.25, 0.3) is 5.91 Å². The van der Waals surface area contributed by atoms with Gasteiger partial charge in [-0.25, -0.2) is 0 Å². The lowest BCUT2D eigenvalue weighted by Gasteiger charge is -2.13. The van der Waals surface area contributed by atoms with Crippen LogP contribution in [0.15, 0.2) is 40.2 Å². The van der Waals surface area contributed by atoms with Crippen molar-refractivity contribution in [1.29, 1.82) is 0 Å². The molecule has 0 aliphatic carbocycles.